The van der Waals surface area contributed by atoms with Crippen molar-refractivity contribution in [3.63, 3.8) is 0 Å². The molecule has 0 bridgehead atoms. The van der Waals surface area contributed by atoms with Crippen molar-refractivity contribution < 1.29 is 0 Å². The predicted octanol–water partition coefficient (Wildman–Crippen LogP) is 3.14. The number of hydrogen-bond acceptors (Lipinski definition) is 0. The zero-order valence-corrected chi connectivity index (χ0v) is 6.60. The van der Waals surface area contributed by atoms with E-state index in [1.54, 1.807) is 0 Å². The molecule has 0 amide bonds. The SMILES string of the molecule is C=CC1(C2CCC2)CCC1. The van der Waals surface area contributed by atoms with Gasteiger partial charge in [0.25, 0.3) is 0 Å². The molecule has 0 heteroatoms. The zero-order chi connectivity index (χ0) is 7.03. The molecule has 0 aromatic carbocycles. The molecular weight excluding hydrogens is 120 g/mol. The number of rotatable bonds is 2. The quantitative estimate of drug-likeness (QED) is 0.511. The summed E-state index contributed by atoms with van der Waals surface area (Å²) in [7, 11) is 0. The first-order valence-corrected chi connectivity index (χ1v) is 4.51. The second-order valence-corrected chi connectivity index (χ2v) is 3.92. The molecule has 0 radical (unpaired) electrons. The summed E-state index contributed by atoms with van der Waals surface area (Å²) in [5.74, 6) is 1.03. The van der Waals surface area contributed by atoms with Crippen LogP contribution in [0.5, 0.6) is 0 Å². The molecule has 2 aliphatic carbocycles. The largest absolute Gasteiger partial charge is 0.103 e. The van der Waals surface area contributed by atoms with Gasteiger partial charge in [0.1, 0.15) is 0 Å². The molecule has 56 valence electrons. The fraction of sp³-hybridized carbons (Fsp3) is 0.800. The van der Waals surface area contributed by atoms with Gasteiger partial charge < -0.3 is 0 Å². The number of allylic oxidation sites excluding steroid dienone is 1. The van der Waals surface area contributed by atoms with Crippen LogP contribution < -0.4 is 0 Å². The third-order valence-electron chi connectivity index (χ3n) is 3.61. The molecule has 0 aliphatic heterocycles. The maximum Gasteiger partial charge on any atom is -0.00926 e. The highest BCUT2D eigenvalue weighted by molar-refractivity contribution is 5.06. The van der Waals surface area contributed by atoms with E-state index in [1.165, 1.54) is 38.5 Å². The van der Waals surface area contributed by atoms with E-state index >= 15 is 0 Å². The molecule has 0 nitrogen and oxygen atoms in total. The van der Waals surface area contributed by atoms with Gasteiger partial charge in [-0.1, -0.05) is 18.9 Å². The molecule has 0 unspecified atom stereocenters. The van der Waals surface area contributed by atoms with Crippen molar-refractivity contribution in [1.29, 1.82) is 0 Å². The van der Waals surface area contributed by atoms with Crippen LogP contribution in [-0.2, 0) is 0 Å². The van der Waals surface area contributed by atoms with Gasteiger partial charge in [-0.15, -0.1) is 6.58 Å². The van der Waals surface area contributed by atoms with Gasteiger partial charge in [0, 0.05) is 0 Å². The van der Waals surface area contributed by atoms with E-state index in [2.05, 4.69) is 12.7 Å². The Bertz CT molecular complexity index is 138. The lowest BCUT2D eigenvalue weighted by molar-refractivity contribution is 0.0514. The van der Waals surface area contributed by atoms with Crippen LogP contribution in [0.3, 0.4) is 0 Å². The van der Waals surface area contributed by atoms with Crippen LogP contribution in [0.15, 0.2) is 12.7 Å². The predicted molar refractivity (Wildman–Crippen MR) is 43.8 cm³/mol. The first-order valence-electron chi connectivity index (χ1n) is 4.51. The average Bonchev–Trinajstić information content (AvgIpc) is 1.73. The Kier molecular flexibility index (Phi) is 1.36. The average molecular weight is 136 g/mol. The molecule has 0 heterocycles. The lowest BCUT2D eigenvalue weighted by atomic mass is 9.55. The summed E-state index contributed by atoms with van der Waals surface area (Å²) in [6.07, 6.45) is 11.0. The van der Waals surface area contributed by atoms with Gasteiger partial charge in [-0.2, -0.15) is 0 Å². The summed E-state index contributed by atoms with van der Waals surface area (Å²) in [6.45, 7) is 3.96. The van der Waals surface area contributed by atoms with Crippen LogP contribution in [-0.4, -0.2) is 0 Å². The maximum atomic E-state index is 3.96. The van der Waals surface area contributed by atoms with Crippen LogP contribution in [0.4, 0.5) is 0 Å². The minimum absolute atomic E-state index is 0.623. The zero-order valence-electron chi connectivity index (χ0n) is 6.60. The Morgan fingerprint density at radius 3 is 2.00 bits per heavy atom. The van der Waals surface area contributed by atoms with Gasteiger partial charge >= 0.3 is 0 Å². The Labute approximate surface area is 63.3 Å². The van der Waals surface area contributed by atoms with Crippen LogP contribution in [0.25, 0.3) is 0 Å². The van der Waals surface area contributed by atoms with E-state index < -0.39 is 0 Å². The molecule has 0 spiro atoms. The molecule has 10 heavy (non-hydrogen) atoms. The summed E-state index contributed by atoms with van der Waals surface area (Å²) in [5, 5.41) is 0. The van der Waals surface area contributed by atoms with Crippen molar-refractivity contribution in [2.45, 2.75) is 38.5 Å². The molecule has 0 atom stereocenters. The lowest BCUT2D eigenvalue weighted by Crippen LogP contribution is -2.38. The second-order valence-electron chi connectivity index (χ2n) is 3.92. The van der Waals surface area contributed by atoms with Gasteiger partial charge in [-0.25, -0.2) is 0 Å². The minimum Gasteiger partial charge on any atom is -0.103 e. The summed E-state index contributed by atoms with van der Waals surface area (Å²) in [5.41, 5.74) is 0.623. The second kappa shape index (κ2) is 2.11. The first kappa shape index (κ1) is 6.45. The normalized spacial score (nSPS) is 30.4. The van der Waals surface area contributed by atoms with E-state index in [0.29, 0.717) is 5.41 Å². The monoisotopic (exact) mass is 136 g/mol. The standard InChI is InChI=1S/C10H16/c1-2-10(7-4-8-10)9-5-3-6-9/h2,9H,1,3-8H2. The van der Waals surface area contributed by atoms with E-state index in [0.717, 1.165) is 5.92 Å². The molecule has 0 aromatic heterocycles. The molecular formula is C10H16. The number of hydrogen-bond donors (Lipinski definition) is 0. The van der Waals surface area contributed by atoms with Crippen LogP contribution >= 0.6 is 0 Å². The van der Waals surface area contributed by atoms with Crippen molar-refractivity contribution >= 4 is 0 Å². The highest BCUT2D eigenvalue weighted by Crippen LogP contribution is 2.54. The van der Waals surface area contributed by atoms with Gasteiger partial charge in [-0.3, -0.25) is 0 Å². The molecule has 0 aromatic rings. The Morgan fingerprint density at radius 2 is 1.90 bits per heavy atom. The van der Waals surface area contributed by atoms with Crippen molar-refractivity contribution in [1.82, 2.24) is 0 Å². The first-order chi connectivity index (χ1) is 4.87. The smallest absolute Gasteiger partial charge is 0.00926 e. The molecule has 0 saturated heterocycles. The highest BCUT2D eigenvalue weighted by atomic mass is 14.5. The molecule has 0 N–H and O–H groups in total. The third-order valence-corrected chi connectivity index (χ3v) is 3.61. The van der Waals surface area contributed by atoms with E-state index in [4.69, 9.17) is 0 Å². The highest BCUT2D eigenvalue weighted by Gasteiger charge is 2.43. The van der Waals surface area contributed by atoms with Crippen LogP contribution in [0.1, 0.15) is 38.5 Å². The molecule has 2 saturated carbocycles. The van der Waals surface area contributed by atoms with Crippen molar-refractivity contribution in [3.05, 3.63) is 12.7 Å². The lowest BCUT2D eigenvalue weighted by Gasteiger charge is -2.49. The molecule has 2 rings (SSSR count). The van der Waals surface area contributed by atoms with Gasteiger partial charge in [0.2, 0.25) is 0 Å². The third kappa shape index (κ3) is 0.680. The van der Waals surface area contributed by atoms with Crippen molar-refractivity contribution in [2.75, 3.05) is 0 Å². The van der Waals surface area contributed by atoms with Gasteiger partial charge in [0.05, 0.1) is 0 Å². The van der Waals surface area contributed by atoms with Crippen LogP contribution in [0.2, 0.25) is 0 Å². The van der Waals surface area contributed by atoms with E-state index in [-0.39, 0.29) is 0 Å². The van der Waals surface area contributed by atoms with Gasteiger partial charge in [0.15, 0.2) is 0 Å². The summed E-state index contributed by atoms with van der Waals surface area (Å²) in [4.78, 5) is 0. The summed E-state index contributed by atoms with van der Waals surface area (Å²) >= 11 is 0. The van der Waals surface area contributed by atoms with E-state index in [1.807, 2.05) is 0 Å². The Morgan fingerprint density at radius 1 is 1.20 bits per heavy atom. The topological polar surface area (TPSA) is 0 Å². The van der Waals surface area contributed by atoms with Crippen molar-refractivity contribution in [2.24, 2.45) is 11.3 Å². The maximum absolute atomic E-state index is 3.96. The van der Waals surface area contributed by atoms with Gasteiger partial charge in [-0.05, 0) is 37.0 Å². The fourth-order valence-corrected chi connectivity index (χ4v) is 2.35. The molecule has 2 aliphatic rings. The Balaban J connectivity index is 2.02. The summed E-state index contributed by atoms with van der Waals surface area (Å²) in [6, 6.07) is 0. The van der Waals surface area contributed by atoms with E-state index in [9.17, 15) is 0 Å². The Hall–Kier alpha value is -0.260. The molecule has 2 fully saturated rings. The summed E-state index contributed by atoms with van der Waals surface area (Å²) < 4.78 is 0. The fourth-order valence-electron chi connectivity index (χ4n) is 2.35. The van der Waals surface area contributed by atoms with Crippen LogP contribution in [0, 0.1) is 11.3 Å². The van der Waals surface area contributed by atoms with Crippen molar-refractivity contribution in [3.8, 4) is 0 Å². The minimum atomic E-state index is 0.623.